The molecule has 0 aliphatic heterocycles. The van der Waals surface area contributed by atoms with Crippen molar-refractivity contribution in [3.63, 3.8) is 0 Å². The molecule has 8 heteroatoms. The van der Waals surface area contributed by atoms with Crippen LogP contribution in [0.25, 0.3) is 0 Å². The van der Waals surface area contributed by atoms with Crippen molar-refractivity contribution >= 4 is 28.0 Å². The lowest BCUT2D eigenvalue weighted by molar-refractivity contribution is -0.144. The van der Waals surface area contributed by atoms with Gasteiger partial charge in [-0.1, -0.05) is 0 Å². The molecule has 0 spiro atoms. The Hall–Kier alpha value is -1.15. The summed E-state index contributed by atoms with van der Waals surface area (Å²) in [4.78, 5) is 4.82. The van der Waals surface area contributed by atoms with Gasteiger partial charge in [-0.15, -0.1) is 11.3 Å². The summed E-state index contributed by atoms with van der Waals surface area (Å²) in [5.74, 6) is -1.07. The number of anilines is 1. The Bertz CT molecular complexity index is 576. The molecule has 1 aliphatic rings. The maximum Gasteiger partial charge on any atom is 0.452 e. The summed E-state index contributed by atoms with van der Waals surface area (Å²) in [6, 6.07) is 2.08. The number of fused-ring (bicyclic) bond motifs is 1. The average Bonchev–Trinajstić information content (AvgIpc) is 2.96. The Balaban J connectivity index is 1.78. The fourth-order valence-corrected chi connectivity index (χ4v) is 3.81. The predicted molar refractivity (Wildman–Crippen MR) is 68.5 cm³/mol. The molecular weight excluding hydrogens is 295 g/mol. The first-order valence-corrected chi connectivity index (χ1v) is 7.43. The normalized spacial score (nSPS) is 19.2. The number of aryl methyl sites for hydroxylation is 1. The van der Waals surface area contributed by atoms with Gasteiger partial charge in [0.2, 0.25) is 11.0 Å². The van der Waals surface area contributed by atoms with E-state index in [1.54, 1.807) is 11.3 Å². The molecule has 19 heavy (non-hydrogen) atoms. The second-order valence-electron chi connectivity index (χ2n) is 4.31. The molecule has 0 bridgehead atoms. The molecule has 0 radical (unpaired) electrons. The van der Waals surface area contributed by atoms with Crippen molar-refractivity contribution in [1.29, 1.82) is 0 Å². The molecule has 2 aromatic rings. The Labute approximate surface area is 115 Å². The van der Waals surface area contributed by atoms with Crippen molar-refractivity contribution in [3.8, 4) is 0 Å². The SMILES string of the molecule is FC(F)(F)c1nsc(NC2CCCc3sccc32)n1. The van der Waals surface area contributed by atoms with E-state index in [9.17, 15) is 13.2 Å². The maximum atomic E-state index is 12.4. The summed E-state index contributed by atoms with van der Waals surface area (Å²) >= 11 is 2.46. The maximum absolute atomic E-state index is 12.4. The number of thiophene rings is 1. The molecule has 0 saturated heterocycles. The fraction of sp³-hybridized carbons (Fsp3) is 0.455. The van der Waals surface area contributed by atoms with Gasteiger partial charge >= 0.3 is 6.18 Å². The quantitative estimate of drug-likeness (QED) is 0.907. The second-order valence-corrected chi connectivity index (χ2v) is 6.06. The summed E-state index contributed by atoms with van der Waals surface area (Å²) in [5, 5.41) is 5.32. The first kappa shape index (κ1) is 12.9. The number of hydrogen-bond donors (Lipinski definition) is 1. The number of halogens is 3. The Kier molecular flexibility index (Phi) is 3.22. The molecule has 2 aromatic heterocycles. The molecule has 3 rings (SSSR count). The fourth-order valence-electron chi connectivity index (χ4n) is 2.18. The van der Waals surface area contributed by atoms with Crippen LogP contribution in [-0.2, 0) is 12.6 Å². The zero-order valence-electron chi connectivity index (χ0n) is 9.70. The number of hydrogen-bond acceptors (Lipinski definition) is 5. The van der Waals surface area contributed by atoms with E-state index in [0.717, 1.165) is 30.8 Å². The molecular formula is C11H10F3N3S2. The van der Waals surface area contributed by atoms with E-state index in [1.165, 1.54) is 10.4 Å². The number of alkyl halides is 3. The van der Waals surface area contributed by atoms with Crippen LogP contribution >= 0.6 is 22.9 Å². The molecule has 102 valence electrons. The van der Waals surface area contributed by atoms with Crippen LogP contribution in [0, 0.1) is 0 Å². The van der Waals surface area contributed by atoms with Gasteiger partial charge in [0.15, 0.2) is 0 Å². The van der Waals surface area contributed by atoms with E-state index < -0.39 is 12.0 Å². The standard InChI is InChI=1S/C11H10F3N3S2/c12-11(13,14)9-16-10(19-17-9)15-7-2-1-3-8-6(7)4-5-18-8/h4-5,7H,1-3H2,(H,15,16,17). The molecule has 0 fully saturated rings. The topological polar surface area (TPSA) is 37.8 Å². The second kappa shape index (κ2) is 4.75. The summed E-state index contributed by atoms with van der Waals surface area (Å²) in [5.41, 5.74) is 1.18. The molecule has 3 nitrogen and oxygen atoms in total. The van der Waals surface area contributed by atoms with Crippen molar-refractivity contribution in [2.75, 3.05) is 5.32 Å². The summed E-state index contributed by atoms with van der Waals surface area (Å²) < 4.78 is 40.6. The average molecular weight is 305 g/mol. The van der Waals surface area contributed by atoms with Crippen molar-refractivity contribution in [2.45, 2.75) is 31.5 Å². The van der Waals surface area contributed by atoms with Gasteiger partial charge in [-0.05, 0) is 36.3 Å². The summed E-state index contributed by atoms with van der Waals surface area (Å²) in [7, 11) is 0. The highest BCUT2D eigenvalue weighted by molar-refractivity contribution is 7.10. The number of rotatable bonds is 2. The van der Waals surface area contributed by atoms with E-state index in [0.29, 0.717) is 0 Å². The third kappa shape index (κ3) is 2.59. The van der Waals surface area contributed by atoms with E-state index in [4.69, 9.17) is 0 Å². The van der Waals surface area contributed by atoms with Gasteiger partial charge in [0.1, 0.15) is 0 Å². The Morgan fingerprint density at radius 1 is 1.37 bits per heavy atom. The van der Waals surface area contributed by atoms with Crippen LogP contribution in [0.2, 0.25) is 0 Å². The first-order chi connectivity index (χ1) is 9.04. The minimum absolute atomic E-state index is 0.0454. The zero-order valence-corrected chi connectivity index (χ0v) is 11.3. The van der Waals surface area contributed by atoms with Gasteiger partial charge in [-0.3, -0.25) is 0 Å². The summed E-state index contributed by atoms with van der Waals surface area (Å²) in [6.45, 7) is 0. The van der Waals surface area contributed by atoms with E-state index in [2.05, 4.69) is 14.7 Å². The third-order valence-corrected chi connectivity index (χ3v) is 4.67. The molecule has 1 atom stereocenters. The molecule has 1 unspecified atom stereocenters. The first-order valence-electron chi connectivity index (χ1n) is 5.78. The van der Waals surface area contributed by atoms with Gasteiger partial charge in [-0.2, -0.15) is 22.5 Å². The highest BCUT2D eigenvalue weighted by atomic mass is 32.1. The van der Waals surface area contributed by atoms with E-state index >= 15 is 0 Å². The molecule has 1 N–H and O–H groups in total. The number of aromatic nitrogens is 2. The van der Waals surface area contributed by atoms with E-state index in [1.807, 2.05) is 11.4 Å². The van der Waals surface area contributed by atoms with Gasteiger partial charge in [0, 0.05) is 16.4 Å². The summed E-state index contributed by atoms with van der Waals surface area (Å²) in [6.07, 6.45) is -1.48. The van der Waals surface area contributed by atoms with Crippen LogP contribution in [0.3, 0.4) is 0 Å². The molecule has 2 heterocycles. The van der Waals surface area contributed by atoms with Crippen LogP contribution in [0.5, 0.6) is 0 Å². The van der Waals surface area contributed by atoms with Gasteiger partial charge < -0.3 is 5.32 Å². The van der Waals surface area contributed by atoms with Crippen molar-refractivity contribution in [1.82, 2.24) is 9.36 Å². The van der Waals surface area contributed by atoms with Crippen molar-refractivity contribution < 1.29 is 13.2 Å². The van der Waals surface area contributed by atoms with Crippen LogP contribution < -0.4 is 5.32 Å². The van der Waals surface area contributed by atoms with Gasteiger partial charge in [-0.25, -0.2) is 0 Å². The van der Waals surface area contributed by atoms with Crippen LogP contribution in [-0.4, -0.2) is 9.36 Å². The highest BCUT2D eigenvalue weighted by Crippen LogP contribution is 2.36. The lowest BCUT2D eigenvalue weighted by Crippen LogP contribution is -2.15. The van der Waals surface area contributed by atoms with Gasteiger partial charge in [0.25, 0.3) is 0 Å². The third-order valence-electron chi connectivity index (χ3n) is 3.03. The Morgan fingerprint density at radius 3 is 2.95 bits per heavy atom. The monoisotopic (exact) mass is 305 g/mol. The van der Waals surface area contributed by atoms with Gasteiger partial charge in [0.05, 0.1) is 6.04 Å². The largest absolute Gasteiger partial charge is 0.452 e. The van der Waals surface area contributed by atoms with Crippen LogP contribution in [0.4, 0.5) is 18.3 Å². The lowest BCUT2D eigenvalue weighted by atomic mass is 9.94. The van der Waals surface area contributed by atoms with Crippen LogP contribution in [0.1, 0.15) is 35.1 Å². The van der Waals surface area contributed by atoms with Crippen molar-refractivity contribution in [3.05, 3.63) is 27.7 Å². The molecule has 0 amide bonds. The van der Waals surface area contributed by atoms with Crippen molar-refractivity contribution in [2.24, 2.45) is 0 Å². The molecule has 1 aliphatic carbocycles. The highest BCUT2D eigenvalue weighted by Gasteiger charge is 2.36. The lowest BCUT2D eigenvalue weighted by Gasteiger charge is -2.23. The van der Waals surface area contributed by atoms with E-state index in [-0.39, 0.29) is 11.2 Å². The Morgan fingerprint density at radius 2 is 2.21 bits per heavy atom. The predicted octanol–water partition coefficient (Wildman–Crippen LogP) is 4.11. The number of nitrogens with one attached hydrogen (secondary N) is 1. The molecule has 0 aromatic carbocycles. The minimum Gasteiger partial charge on any atom is -0.353 e. The smallest absolute Gasteiger partial charge is 0.353 e. The number of nitrogens with zero attached hydrogens (tertiary/aromatic N) is 2. The van der Waals surface area contributed by atoms with Crippen LogP contribution in [0.15, 0.2) is 11.4 Å². The zero-order chi connectivity index (χ0) is 13.5. The minimum atomic E-state index is -4.48. The molecule has 0 saturated carbocycles.